The van der Waals surface area contributed by atoms with Gasteiger partial charge in [0.1, 0.15) is 0 Å². The van der Waals surface area contributed by atoms with Crippen LogP contribution in [0, 0.1) is 0 Å². The van der Waals surface area contributed by atoms with Gasteiger partial charge < -0.3 is 15.6 Å². The van der Waals surface area contributed by atoms with Gasteiger partial charge in [0.15, 0.2) is 11.5 Å². The first kappa shape index (κ1) is 17.7. The van der Waals surface area contributed by atoms with Crippen LogP contribution in [0.15, 0.2) is 18.2 Å². The molecule has 1 aromatic carbocycles. The molecule has 0 amide bonds. The highest BCUT2D eigenvalue weighted by molar-refractivity contribution is 5.51. The maximum atomic E-state index is 9.62. The first-order chi connectivity index (χ1) is 10.2. The summed E-state index contributed by atoms with van der Waals surface area (Å²) in [6, 6.07) is 4.91. The molecule has 0 atom stereocenters. The van der Waals surface area contributed by atoms with E-state index >= 15 is 0 Å². The maximum Gasteiger partial charge on any atom is 0.162 e. The zero-order chi connectivity index (χ0) is 15.3. The zero-order valence-corrected chi connectivity index (χ0v) is 13.4. The number of ether oxygens (including phenoxy) is 1. The van der Waals surface area contributed by atoms with Crippen LogP contribution in [-0.4, -0.2) is 11.7 Å². The Morgan fingerprint density at radius 2 is 1.48 bits per heavy atom. The lowest BCUT2D eigenvalue weighted by molar-refractivity contribution is 0.289. The number of benzene rings is 1. The second-order valence-corrected chi connectivity index (χ2v) is 5.76. The average molecular weight is 293 g/mol. The van der Waals surface area contributed by atoms with E-state index in [1.54, 1.807) is 18.2 Å². The molecule has 1 rings (SSSR count). The van der Waals surface area contributed by atoms with Gasteiger partial charge in [-0.05, 0) is 18.6 Å². The van der Waals surface area contributed by atoms with Crippen LogP contribution >= 0.6 is 0 Å². The van der Waals surface area contributed by atoms with Crippen molar-refractivity contribution >= 4 is 5.69 Å². The minimum Gasteiger partial charge on any atom is -0.504 e. The Morgan fingerprint density at radius 3 is 2.10 bits per heavy atom. The molecule has 0 saturated heterocycles. The maximum absolute atomic E-state index is 9.62. The van der Waals surface area contributed by atoms with Gasteiger partial charge >= 0.3 is 0 Å². The summed E-state index contributed by atoms with van der Waals surface area (Å²) in [6.45, 7) is 2.90. The van der Waals surface area contributed by atoms with Crippen LogP contribution in [0.4, 0.5) is 5.69 Å². The molecule has 0 aliphatic carbocycles. The summed E-state index contributed by atoms with van der Waals surface area (Å²) in [4.78, 5) is 0. The van der Waals surface area contributed by atoms with Crippen molar-refractivity contribution in [3.8, 4) is 11.5 Å². The number of hydrogen-bond acceptors (Lipinski definition) is 3. The highest BCUT2D eigenvalue weighted by Crippen LogP contribution is 2.27. The van der Waals surface area contributed by atoms with E-state index in [-0.39, 0.29) is 5.75 Å². The Kier molecular flexibility index (Phi) is 9.51. The van der Waals surface area contributed by atoms with Gasteiger partial charge in [0.05, 0.1) is 6.61 Å². The van der Waals surface area contributed by atoms with Crippen LogP contribution in [0.25, 0.3) is 0 Å². The third-order valence-corrected chi connectivity index (χ3v) is 3.74. The summed E-state index contributed by atoms with van der Waals surface area (Å²) in [7, 11) is 0. The van der Waals surface area contributed by atoms with Gasteiger partial charge in [0, 0.05) is 11.8 Å². The number of rotatable bonds is 12. The van der Waals surface area contributed by atoms with Crippen molar-refractivity contribution in [3.05, 3.63) is 18.2 Å². The number of phenols is 1. The van der Waals surface area contributed by atoms with Gasteiger partial charge in [-0.3, -0.25) is 0 Å². The highest BCUT2D eigenvalue weighted by atomic mass is 16.5. The lowest BCUT2D eigenvalue weighted by Crippen LogP contribution is -1.98. The monoisotopic (exact) mass is 293 g/mol. The number of anilines is 1. The topological polar surface area (TPSA) is 55.5 Å². The Balaban J connectivity index is 1.94. The normalized spacial score (nSPS) is 10.7. The van der Waals surface area contributed by atoms with E-state index in [4.69, 9.17) is 10.5 Å². The molecular weight excluding hydrogens is 262 g/mol. The van der Waals surface area contributed by atoms with E-state index in [1.807, 2.05) is 0 Å². The minimum atomic E-state index is 0.163. The summed E-state index contributed by atoms with van der Waals surface area (Å²) in [6.07, 6.45) is 13.1. The molecule has 3 N–H and O–H groups in total. The molecule has 0 saturated carbocycles. The van der Waals surface area contributed by atoms with E-state index in [9.17, 15) is 5.11 Å². The number of nitrogens with two attached hydrogens (primary N) is 1. The molecule has 3 nitrogen and oxygen atoms in total. The molecule has 0 aliphatic heterocycles. The van der Waals surface area contributed by atoms with Crippen molar-refractivity contribution in [1.29, 1.82) is 0 Å². The third-order valence-electron chi connectivity index (χ3n) is 3.74. The summed E-state index contributed by atoms with van der Waals surface area (Å²) in [5.41, 5.74) is 6.28. The molecule has 0 spiro atoms. The van der Waals surface area contributed by atoms with E-state index in [1.165, 1.54) is 57.8 Å². The fraction of sp³-hybridized carbons (Fsp3) is 0.667. The predicted molar refractivity (Wildman–Crippen MR) is 89.9 cm³/mol. The fourth-order valence-electron chi connectivity index (χ4n) is 2.42. The van der Waals surface area contributed by atoms with Gasteiger partial charge in [-0.1, -0.05) is 64.7 Å². The van der Waals surface area contributed by atoms with Crippen molar-refractivity contribution in [3.63, 3.8) is 0 Å². The Morgan fingerprint density at radius 1 is 0.905 bits per heavy atom. The first-order valence-electron chi connectivity index (χ1n) is 8.45. The summed E-state index contributed by atoms with van der Waals surface area (Å²) >= 11 is 0. The highest BCUT2D eigenvalue weighted by Gasteiger charge is 2.02. The van der Waals surface area contributed by atoms with E-state index in [0.717, 1.165) is 6.42 Å². The number of hydrogen-bond donors (Lipinski definition) is 2. The predicted octanol–water partition coefficient (Wildman–Crippen LogP) is 5.27. The van der Waals surface area contributed by atoms with Gasteiger partial charge in [-0.2, -0.15) is 0 Å². The molecule has 0 aliphatic rings. The van der Waals surface area contributed by atoms with Crippen LogP contribution in [0.1, 0.15) is 71.1 Å². The molecule has 0 unspecified atom stereocenters. The Bertz CT molecular complexity index is 379. The molecule has 120 valence electrons. The van der Waals surface area contributed by atoms with Crippen molar-refractivity contribution in [2.24, 2.45) is 0 Å². The van der Waals surface area contributed by atoms with Crippen LogP contribution in [0.2, 0.25) is 0 Å². The van der Waals surface area contributed by atoms with Crippen LogP contribution in [0.3, 0.4) is 0 Å². The third kappa shape index (κ3) is 8.49. The van der Waals surface area contributed by atoms with Crippen molar-refractivity contribution < 1.29 is 9.84 Å². The zero-order valence-electron chi connectivity index (χ0n) is 13.4. The SMILES string of the molecule is CCCCCCCCCCCCOc1cc(N)ccc1O. The van der Waals surface area contributed by atoms with E-state index < -0.39 is 0 Å². The summed E-state index contributed by atoms with van der Waals surface area (Å²) in [5, 5.41) is 9.62. The number of nitrogen functional groups attached to an aromatic ring is 1. The first-order valence-corrected chi connectivity index (χ1v) is 8.45. The molecule has 0 aromatic heterocycles. The molecule has 3 heteroatoms. The van der Waals surface area contributed by atoms with Crippen LogP contribution < -0.4 is 10.5 Å². The molecule has 0 fully saturated rings. The number of aromatic hydroxyl groups is 1. The van der Waals surface area contributed by atoms with Crippen LogP contribution in [0.5, 0.6) is 11.5 Å². The number of unbranched alkanes of at least 4 members (excludes halogenated alkanes) is 9. The Hall–Kier alpha value is -1.38. The van der Waals surface area contributed by atoms with E-state index in [2.05, 4.69) is 6.92 Å². The second-order valence-electron chi connectivity index (χ2n) is 5.76. The lowest BCUT2D eigenvalue weighted by Gasteiger charge is -2.08. The second kappa shape index (κ2) is 11.3. The summed E-state index contributed by atoms with van der Waals surface area (Å²) in [5.74, 6) is 0.655. The fourth-order valence-corrected chi connectivity index (χ4v) is 2.42. The molecule has 0 heterocycles. The molecule has 21 heavy (non-hydrogen) atoms. The number of phenolic OH excluding ortho intramolecular Hbond substituents is 1. The van der Waals surface area contributed by atoms with Gasteiger partial charge in [0.25, 0.3) is 0 Å². The van der Waals surface area contributed by atoms with Crippen molar-refractivity contribution in [2.45, 2.75) is 71.1 Å². The van der Waals surface area contributed by atoms with E-state index in [0.29, 0.717) is 18.0 Å². The standard InChI is InChI=1S/C18H31NO2/c1-2-3-4-5-6-7-8-9-10-11-14-21-18-15-16(19)12-13-17(18)20/h12-13,15,20H,2-11,14,19H2,1H3. The van der Waals surface area contributed by atoms with Crippen molar-refractivity contribution in [2.75, 3.05) is 12.3 Å². The largest absolute Gasteiger partial charge is 0.504 e. The Labute approximate surface area is 129 Å². The summed E-state index contributed by atoms with van der Waals surface area (Å²) < 4.78 is 5.56. The molecular formula is C18H31NO2. The van der Waals surface area contributed by atoms with Gasteiger partial charge in [-0.15, -0.1) is 0 Å². The molecule has 1 aromatic rings. The van der Waals surface area contributed by atoms with Crippen LogP contribution in [-0.2, 0) is 0 Å². The lowest BCUT2D eigenvalue weighted by atomic mass is 10.1. The quantitative estimate of drug-likeness (QED) is 0.313. The average Bonchev–Trinajstić information content (AvgIpc) is 2.48. The van der Waals surface area contributed by atoms with Crippen molar-refractivity contribution in [1.82, 2.24) is 0 Å². The van der Waals surface area contributed by atoms with Gasteiger partial charge in [0.2, 0.25) is 0 Å². The minimum absolute atomic E-state index is 0.163. The van der Waals surface area contributed by atoms with Gasteiger partial charge in [-0.25, -0.2) is 0 Å². The smallest absolute Gasteiger partial charge is 0.162 e. The molecule has 0 radical (unpaired) electrons. The molecule has 0 bridgehead atoms.